The maximum absolute atomic E-state index is 5.88. The molecule has 102 valence electrons. The minimum atomic E-state index is 0.488. The van der Waals surface area contributed by atoms with E-state index in [-0.39, 0.29) is 0 Å². The third kappa shape index (κ3) is 3.13. The fourth-order valence-electron chi connectivity index (χ4n) is 2.11. The fourth-order valence-corrected chi connectivity index (χ4v) is 2.19. The summed E-state index contributed by atoms with van der Waals surface area (Å²) in [5.41, 5.74) is 1.09. The van der Waals surface area contributed by atoms with Gasteiger partial charge in [0.2, 0.25) is 0 Å². The summed E-state index contributed by atoms with van der Waals surface area (Å²) in [5, 5.41) is 2.17. The first kappa shape index (κ1) is 14.0. The van der Waals surface area contributed by atoms with E-state index in [4.69, 9.17) is 21.1 Å². The van der Waals surface area contributed by atoms with Crippen molar-refractivity contribution >= 4 is 22.4 Å². The Bertz CT molecular complexity index is 552. The number of aryl methyl sites for hydroxylation is 1. The van der Waals surface area contributed by atoms with Crippen molar-refractivity contribution in [2.45, 2.75) is 20.3 Å². The van der Waals surface area contributed by atoms with Gasteiger partial charge in [0.25, 0.3) is 0 Å². The number of halogens is 1. The first-order chi connectivity index (χ1) is 9.27. The van der Waals surface area contributed by atoms with Crippen LogP contribution in [0.2, 0.25) is 0 Å². The van der Waals surface area contributed by atoms with Gasteiger partial charge in [0.15, 0.2) is 0 Å². The quantitative estimate of drug-likeness (QED) is 0.722. The van der Waals surface area contributed by atoms with Crippen molar-refractivity contribution < 1.29 is 9.47 Å². The minimum absolute atomic E-state index is 0.488. The van der Waals surface area contributed by atoms with E-state index in [9.17, 15) is 0 Å². The lowest BCUT2D eigenvalue weighted by Crippen LogP contribution is -2.02. The lowest BCUT2D eigenvalue weighted by atomic mass is 10.0. The summed E-state index contributed by atoms with van der Waals surface area (Å²) in [6.45, 7) is 5.40. The molecule has 2 nitrogen and oxygen atoms in total. The van der Waals surface area contributed by atoms with Crippen LogP contribution < -0.4 is 9.47 Å². The SMILES string of the molecule is CCCOc1c(C)cc(OCCCl)c2ccccc12. The predicted molar refractivity (Wildman–Crippen MR) is 80.7 cm³/mol. The zero-order chi connectivity index (χ0) is 13.7. The average Bonchev–Trinajstić information content (AvgIpc) is 2.44. The first-order valence-electron chi connectivity index (χ1n) is 6.61. The Morgan fingerprint density at radius 1 is 1.05 bits per heavy atom. The predicted octanol–water partition coefficient (Wildman–Crippen LogP) is 4.55. The largest absolute Gasteiger partial charge is 0.493 e. The molecule has 0 unspecified atom stereocenters. The van der Waals surface area contributed by atoms with Gasteiger partial charge in [-0.2, -0.15) is 0 Å². The molecule has 19 heavy (non-hydrogen) atoms. The highest BCUT2D eigenvalue weighted by atomic mass is 35.5. The molecule has 0 N–H and O–H groups in total. The van der Waals surface area contributed by atoms with Gasteiger partial charge in [-0.1, -0.05) is 31.2 Å². The molecule has 0 aliphatic rings. The van der Waals surface area contributed by atoms with Crippen LogP contribution in [-0.2, 0) is 0 Å². The monoisotopic (exact) mass is 278 g/mol. The second-order valence-corrected chi connectivity index (χ2v) is 4.83. The molecule has 0 aromatic heterocycles. The van der Waals surface area contributed by atoms with Crippen LogP contribution in [0.3, 0.4) is 0 Å². The summed E-state index contributed by atoms with van der Waals surface area (Å²) in [7, 11) is 0. The zero-order valence-electron chi connectivity index (χ0n) is 11.4. The van der Waals surface area contributed by atoms with Crippen molar-refractivity contribution in [1.82, 2.24) is 0 Å². The molecule has 0 atom stereocenters. The van der Waals surface area contributed by atoms with Crippen molar-refractivity contribution in [1.29, 1.82) is 0 Å². The Labute approximate surface area is 119 Å². The summed E-state index contributed by atoms with van der Waals surface area (Å²) in [5.74, 6) is 2.31. The van der Waals surface area contributed by atoms with Crippen LogP contribution in [0.1, 0.15) is 18.9 Å². The summed E-state index contributed by atoms with van der Waals surface area (Å²) in [4.78, 5) is 0. The van der Waals surface area contributed by atoms with Gasteiger partial charge in [0, 0.05) is 10.8 Å². The molecule has 0 saturated carbocycles. The van der Waals surface area contributed by atoms with Crippen LogP contribution in [0.25, 0.3) is 10.8 Å². The number of rotatable bonds is 6. The fraction of sp³-hybridized carbons (Fsp3) is 0.375. The highest BCUT2D eigenvalue weighted by Crippen LogP contribution is 2.36. The molecule has 2 aromatic carbocycles. The Morgan fingerprint density at radius 3 is 2.47 bits per heavy atom. The molecule has 0 aliphatic heterocycles. The summed E-state index contributed by atoms with van der Waals surface area (Å²) >= 11 is 5.69. The van der Waals surface area contributed by atoms with E-state index in [1.807, 2.05) is 25.1 Å². The smallest absolute Gasteiger partial charge is 0.130 e. The van der Waals surface area contributed by atoms with Gasteiger partial charge in [0.05, 0.1) is 12.5 Å². The normalized spacial score (nSPS) is 10.7. The Morgan fingerprint density at radius 2 is 1.79 bits per heavy atom. The molecule has 0 amide bonds. The van der Waals surface area contributed by atoms with Crippen LogP contribution in [0.15, 0.2) is 30.3 Å². The van der Waals surface area contributed by atoms with Crippen LogP contribution in [0, 0.1) is 6.92 Å². The first-order valence-corrected chi connectivity index (χ1v) is 7.15. The van der Waals surface area contributed by atoms with Crippen LogP contribution in [-0.4, -0.2) is 19.1 Å². The average molecular weight is 279 g/mol. The molecule has 0 heterocycles. The maximum atomic E-state index is 5.88. The molecule has 0 spiro atoms. The van der Waals surface area contributed by atoms with Gasteiger partial charge in [-0.3, -0.25) is 0 Å². The molecule has 3 heteroatoms. The number of hydrogen-bond acceptors (Lipinski definition) is 2. The van der Waals surface area contributed by atoms with Crippen LogP contribution >= 0.6 is 11.6 Å². The van der Waals surface area contributed by atoms with Crippen molar-refractivity contribution in [3.05, 3.63) is 35.9 Å². The number of alkyl halides is 1. The molecule has 0 bridgehead atoms. The molecule has 0 fully saturated rings. The van der Waals surface area contributed by atoms with Crippen LogP contribution in [0.5, 0.6) is 11.5 Å². The third-order valence-corrected chi connectivity index (χ3v) is 3.08. The van der Waals surface area contributed by atoms with E-state index in [1.165, 1.54) is 0 Å². The number of ether oxygens (including phenoxy) is 2. The van der Waals surface area contributed by atoms with Crippen molar-refractivity contribution in [2.75, 3.05) is 19.1 Å². The molecular formula is C16H19ClO2. The molecule has 2 aromatic rings. The van der Waals surface area contributed by atoms with E-state index in [2.05, 4.69) is 19.1 Å². The van der Waals surface area contributed by atoms with Gasteiger partial charge in [-0.05, 0) is 25.0 Å². The molecule has 0 radical (unpaired) electrons. The Balaban J connectivity index is 2.49. The van der Waals surface area contributed by atoms with Crippen molar-refractivity contribution in [2.24, 2.45) is 0 Å². The molecular weight excluding hydrogens is 260 g/mol. The number of benzene rings is 2. The van der Waals surface area contributed by atoms with E-state index in [1.54, 1.807) is 0 Å². The van der Waals surface area contributed by atoms with Gasteiger partial charge >= 0.3 is 0 Å². The maximum Gasteiger partial charge on any atom is 0.130 e. The van der Waals surface area contributed by atoms with Gasteiger partial charge in [-0.25, -0.2) is 0 Å². The van der Waals surface area contributed by atoms with Gasteiger partial charge < -0.3 is 9.47 Å². The van der Waals surface area contributed by atoms with E-state index in [0.717, 1.165) is 40.9 Å². The van der Waals surface area contributed by atoms with Gasteiger partial charge in [-0.15, -0.1) is 11.6 Å². The van der Waals surface area contributed by atoms with E-state index in [0.29, 0.717) is 12.5 Å². The third-order valence-electron chi connectivity index (χ3n) is 2.93. The summed E-state index contributed by atoms with van der Waals surface area (Å²) in [6.07, 6.45) is 0.998. The molecule has 2 rings (SSSR count). The second-order valence-electron chi connectivity index (χ2n) is 4.45. The lowest BCUT2D eigenvalue weighted by Gasteiger charge is -2.15. The highest BCUT2D eigenvalue weighted by Gasteiger charge is 2.11. The number of fused-ring (bicyclic) bond motifs is 1. The van der Waals surface area contributed by atoms with Crippen molar-refractivity contribution in [3.63, 3.8) is 0 Å². The Kier molecular flexibility index (Phi) is 4.92. The highest BCUT2D eigenvalue weighted by molar-refractivity contribution is 6.18. The van der Waals surface area contributed by atoms with Crippen molar-refractivity contribution in [3.8, 4) is 11.5 Å². The van der Waals surface area contributed by atoms with E-state index < -0.39 is 0 Å². The van der Waals surface area contributed by atoms with Crippen LogP contribution in [0.4, 0.5) is 0 Å². The second kappa shape index (κ2) is 6.67. The Hall–Kier alpha value is -1.41. The zero-order valence-corrected chi connectivity index (χ0v) is 12.2. The minimum Gasteiger partial charge on any atom is -0.493 e. The lowest BCUT2D eigenvalue weighted by molar-refractivity contribution is 0.317. The topological polar surface area (TPSA) is 18.5 Å². The molecule has 0 aliphatic carbocycles. The summed E-state index contributed by atoms with van der Waals surface area (Å²) in [6, 6.07) is 10.2. The standard InChI is InChI=1S/C16H19ClO2/c1-3-9-19-16-12(2)11-15(18-10-8-17)13-6-4-5-7-14(13)16/h4-7,11H,3,8-10H2,1-2H3. The molecule has 0 saturated heterocycles. The van der Waals surface area contributed by atoms with Gasteiger partial charge in [0.1, 0.15) is 18.1 Å². The van der Waals surface area contributed by atoms with E-state index >= 15 is 0 Å². The number of hydrogen-bond donors (Lipinski definition) is 0. The summed E-state index contributed by atoms with van der Waals surface area (Å²) < 4.78 is 11.6.